The van der Waals surface area contributed by atoms with Crippen molar-refractivity contribution in [3.8, 4) is 0 Å². The predicted octanol–water partition coefficient (Wildman–Crippen LogP) is 1.32. The van der Waals surface area contributed by atoms with Crippen molar-refractivity contribution >= 4 is 11.4 Å². The maximum Gasteiger partial charge on any atom is 0.252 e. The number of hydrogen-bond donors (Lipinski definition) is 1. The van der Waals surface area contributed by atoms with Crippen LogP contribution in [-0.4, -0.2) is 30.6 Å². The Hall–Kier alpha value is -1.81. The first-order valence-electron chi connectivity index (χ1n) is 5.15. The van der Waals surface area contributed by atoms with Gasteiger partial charge >= 0.3 is 0 Å². The van der Waals surface area contributed by atoms with Crippen molar-refractivity contribution in [1.82, 2.24) is 9.72 Å². The number of methoxy groups -OCH3 is 1. The highest BCUT2D eigenvalue weighted by Gasteiger charge is 2.07. The van der Waals surface area contributed by atoms with Crippen LogP contribution in [0, 0.1) is 0 Å². The molecule has 16 heavy (non-hydrogen) atoms. The van der Waals surface area contributed by atoms with Crippen LogP contribution in [0.4, 0.5) is 0 Å². The lowest BCUT2D eigenvalue weighted by atomic mass is 10.3. The van der Waals surface area contributed by atoms with Crippen molar-refractivity contribution in [3.63, 3.8) is 0 Å². The Balaban J connectivity index is 2.11. The van der Waals surface area contributed by atoms with Crippen LogP contribution >= 0.6 is 0 Å². The van der Waals surface area contributed by atoms with Gasteiger partial charge in [0.1, 0.15) is 0 Å². The van der Waals surface area contributed by atoms with Crippen molar-refractivity contribution in [2.45, 2.75) is 0 Å². The first-order chi connectivity index (χ1) is 7.81. The van der Waals surface area contributed by atoms with Gasteiger partial charge in [0, 0.05) is 31.6 Å². The molecule has 0 aliphatic carbocycles. The summed E-state index contributed by atoms with van der Waals surface area (Å²) in [6.07, 6.45) is 3.73. The normalized spacial score (nSPS) is 10.6. The fourth-order valence-electron chi connectivity index (χ4n) is 1.55. The lowest BCUT2D eigenvalue weighted by Gasteiger charge is -2.01. The molecule has 1 N–H and O–H groups in total. The summed E-state index contributed by atoms with van der Waals surface area (Å²) in [6, 6.07) is 7.70. The minimum atomic E-state index is -0.0687. The van der Waals surface area contributed by atoms with Gasteiger partial charge in [-0.15, -0.1) is 0 Å². The fraction of sp³-hybridized carbons (Fsp3) is 0.250. The molecule has 84 valence electrons. The lowest BCUT2D eigenvalue weighted by Crippen LogP contribution is -2.26. The van der Waals surface area contributed by atoms with E-state index in [1.165, 1.54) is 0 Å². The quantitative estimate of drug-likeness (QED) is 0.786. The van der Waals surface area contributed by atoms with E-state index in [9.17, 15) is 4.79 Å². The summed E-state index contributed by atoms with van der Waals surface area (Å²) in [4.78, 5) is 11.7. The van der Waals surface area contributed by atoms with E-state index >= 15 is 0 Å². The van der Waals surface area contributed by atoms with E-state index in [0.29, 0.717) is 18.7 Å². The van der Waals surface area contributed by atoms with E-state index < -0.39 is 0 Å². The maximum atomic E-state index is 11.7. The maximum absolute atomic E-state index is 11.7. The summed E-state index contributed by atoms with van der Waals surface area (Å²) in [7, 11) is 1.61. The summed E-state index contributed by atoms with van der Waals surface area (Å²) in [6.45, 7) is 1.06. The van der Waals surface area contributed by atoms with Crippen molar-refractivity contribution in [1.29, 1.82) is 0 Å². The monoisotopic (exact) mass is 218 g/mol. The highest BCUT2D eigenvalue weighted by Crippen LogP contribution is 2.09. The van der Waals surface area contributed by atoms with Gasteiger partial charge in [-0.05, 0) is 18.2 Å². The van der Waals surface area contributed by atoms with E-state index in [4.69, 9.17) is 4.74 Å². The fourth-order valence-corrected chi connectivity index (χ4v) is 1.55. The van der Waals surface area contributed by atoms with Gasteiger partial charge in [-0.2, -0.15) is 0 Å². The van der Waals surface area contributed by atoms with E-state index in [1.54, 1.807) is 7.11 Å². The Morgan fingerprint density at radius 3 is 3.12 bits per heavy atom. The molecule has 0 atom stereocenters. The number of pyridine rings is 1. The molecule has 0 aliphatic heterocycles. The molecule has 2 aromatic heterocycles. The molecule has 0 unspecified atom stereocenters. The molecule has 0 saturated carbocycles. The molecular formula is C12H14N2O2. The molecular weight excluding hydrogens is 204 g/mol. The van der Waals surface area contributed by atoms with Crippen LogP contribution in [0.2, 0.25) is 0 Å². The highest BCUT2D eigenvalue weighted by molar-refractivity contribution is 5.95. The third kappa shape index (κ3) is 2.23. The summed E-state index contributed by atoms with van der Waals surface area (Å²) in [5, 5.41) is 2.78. The Morgan fingerprint density at radius 2 is 2.38 bits per heavy atom. The first-order valence-corrected chi connectivity index (χ1v) is 5.15. The molecule has 2 rings (SSSR count). The smallest absolute Gasteiger partial charge is 0.252 e. The van der Waals surface area contributed by atoms with Crippen LogP contribution in [0.5, 0.6) is 0 Å². The minimum absolute atomic E-state index is 0.0687. The summed E-state index contributed by atoms with van der Waals surface area (Å²) < 4.78 is 6.79. The molecule has 0 aromatic carbocycles. The van der Waals surface area contributed by atoms with Gasteiger partial charge in [0.25, 0.3) is 5.91 Å². The Kier molecular flexibility index (Phi) is 3.22. The molecule has 2 heterocycles. The number of hydrogen-bond acceptors (Lipinski definition) is 2. The average Bonchev–Trinajstić information content (AvgIpc) is 2.73. The zero-order chi connectivity index (χ0) is 11.4. The first kappa shape index (κ1) is 10.7. The molecule has 0 fully saturated rings. The standard InChI is InChI=1S/C12H14N2O2/c1-16-7-5-13-12(15)10-8-11-4-2-3-6-14(11)9-10/h2-4,6,8-9H,5,7H2,1H3,(H,13,15). The van der Waals surface area contributed by atoms with E-state index in [1.807, 2.05) is 41.1 Å². The molecule has 2 aromatic rings. The minimum Gasteiger partial charge on any atom is -0.383 e. The molecule has 1 amide bonds. The number of fused-ring (bicyclic) bond motifs is 1. The number of rotatable bonds is 4. The predicted molar refractivity (Wildman–Crippen MR) is 61.6 cm³/mol. The molecule has 4 heteroatoms. The Bertz CT molecular complexity index is 457. The topological polar surface area (TPSA) is 42.7 Å². The largest absolute Gasteiger partial charge is 0.383 e. The van der Waals surface area contributed by atoms with Gasteiger partial charge in [0.2, 0.25) is 0 Å². The van der Waals surface area contributed by atoms with Gasteiger partial charge in [0.05, 0.1) is 12.2 Å². The van der Waals surface area contributed by atoms with Crippen molar-refractivity contribution in [3.05, 3.63) is 42.2 Å². The number of carbonyl (C=O) groups is 1. The van der Waals surface area contributed by atoms with E-state index in [2.05, 4.69) is 5.32 Å². The number of carbonyl (C=O) groups excluding carboxylic acids is 1. The lowest BCUT2D eigenvalue weighted by molar-refractivity contribution is 0.0937. The average molecular weight is 218 g/mol. The Morgan fingerprint density at radius 1 is 1.50 bits per heavy atom. The molecule has 0 spiro atoms. The Labute approximate surface area is 93.8 Å². The number of nitrogens with one attached hydrogen (secondary N) is 1. The van der Waals surface area contributed by atoms with Gasteiger partial charge in [-0.1, -0.05) is 6.07 Å². The van der Waals surface area contributed by atoms with Crippen molar-refractivity contribution in [2.75, 3.05) is 20.3 Å². The van der Waals surface area contributed by atoms with Crippen LogP contribution in [0.1, 0.15) is 10.4 Å². The second-order valence-corrected chi connectivity index (χ2v) is 3.51. The van der Waals surface area contributed by atoms with Crippen LogP contribution in [-0.2, 0) is 4.74 Å². The van der Waals surface area contributed by atoms with Gasteiger partial charge in [-0.3, -0.25) is 4.79 Å². The van der Waals surface area contributed by atoms with Crippen LogP contribution < -0.4 is 5.32 Å². The summed E-state index contributed by atoms with van der Waals surface area (Å²) in [5.74, 6) is -0.0687. The summed E-state index contributed by atoms with van der Waals surface area (Å²) >= 11 is 0. The number of ether oxygens (including phenoxy) is 1. The van der Waals surface area contributed by atoms with Crippen molar-refractivity contribution < 1.29 is 9.53 Å². The summed E-state index contributed by atoms with van der Waals surface area (Å²) in [5.41, 5.74) is 1.68. The van der Waals surface area contributed by atoms with Crippen LogP contribution in [0.3, 0.4) is 0 Å². The third-order valence-corrected chi connectivity index (χ3v) is 2.36. The number of nitrogens with zero attached hydrogens (tertiary/aromatic N) is 1. The van der Waals surface area contributed by atoms with E-state index in [-0.39, 0.29) is 5.91 Å². The SMILES string of the molecule is COCCNC(=O)c1cc2ccccn2c1. The molecule has 0 bridgehead atoms. The van der Waals surface area contributed by atoms with Crippen LogP contribution in [0.15, 0.2) is 36.7 Å². The third-order valence-electron chi connectivity index (χ3n) is 2.36. The number of amides is 1. The second kappa shape index (κ2) is 4.81. The van der Waals surface area contributed by atoms with Crippen molar-refractivity contribution in [2.24, 2.45) is 0 Å². The zero-order valence-corrected chi connectivity index (χ0v) is 9.14. The highest BCUT2D eigenvalue weighted by atomic mass is 16.5. The molecule has 0 radical (unpaired) electrons. The van der Waals surface area contributed by atoms with Gasteiger partial charge in [0.15, 0.2) is 0 Å². The van der Waals surface area contributed by atoms with E-state index in [0.717, 1.165) is 5.52 Å². The van der Waals surface area contributed by atoms with Crippen LogP contribution in [0.25, 0.3) is 5.52 Å². The second-order valence-electron chi connectivity index (χ2n) is 3.51. The molecule has 0 saturated heterocycles. The number of aromatic nitrogens is 1. The van der Waals surface area contributed by atoms with Gasteiger partial charge in [-0.25, -0.2) is 0 Å². The zero-order valence-electron chi connectivity index (χ0n) is 9.14. The van der Waals surface area contributed by atoms with Gasteiger partial charge < -0.3 is 14.5 Å². The molecule has 0 aliphatic rings. The molecule has 4 nitrogen and oxygen atoms in total.